The third-order valence-corrected chi connectivity index (χ3v) is 4.36. The number of anilines is 1. The summed E-state index contributed by atoms with van der Waals surface area (Å²) in [4.78, 5) is 5.74. The van der Waals surface area contributed by atoms with Crippen molar-refractivity contribution >= 4 is 43.7 Å². The maximum Gasteiger partial charge on any atom is 0.183 e. The van der Waals surface area contributed by atoms with Crippen molar-refractivity contribution in [1.82, 2.24) is 4.98 Å². The molecule has 0 atom stereocenters. The number of thiazole rings is 1. The fourth-order valence-corrected chi connectivity index (χ4v) is 3.35. The molecule has 0 amide bonds. The molecule has 0 aliphatic heterocycles. The van der Waals surface area contributed by atoms with Crippen LogP contribution in [0.4, 0.5) is 5.13 Å². The van der Waals surface area contributed by atoms with Crippen molar-refractivity contribution in [2.75, 3.05) is 11.9 Å². The summed E-state index contributed by atoms with van der Waals surface area (Å²) in [6.45, 7) is 3.14. The van der Waals surface area contributed by atoms with Crippen molar-refractivity contribution in [1.29, 1.82) is 0 Å². The van der Waals surface area contributed by atoms with Crippen molar-refractivity contribution in [3.05, 3.63) is 21.3 Å². The van der Waals surface area contributed by atoms with Gasteiger partial charge in [0.05, 0.1) is 10.6 Å². The Morgan fingerprint density at radius 1 is 1.40 bits per heavy atom. The van der Waals surface area contributed by atoms with E-state index in [4.69, 9.17) is 0 Å². The molecule has 1 N–H and O–H groups in total. The summed E-state index contributed by atoms with van der Waals surface area (Å²) in [5, 5.41) is 8.47. The molecule has 0 aliphatic rings. The zero-order chi connectivity index (χ0) is 10.7. The number of halogens is 1. The van der Waals surface area contributed by atoms with Crippen LogP contribution >= 0.6 is 38.6 Å². The SMILES string of the molecule is CCCNc1nc(-c2cc(Br)cs2)cs1. The highest BCUT2D eigenvalue weighted by atomic mass is 79.9. The molecule has 5 heteroatoms. The van der Waals surface area contributed by atoms with Gasteiger partial charge in [-0.15, -0.1) is 22.7 Å². The minimum absolute atomic E-state index is 0.987. The molecule has 0 unspecified atom stereocenters. The molecule has 0 aromatic carbocycles. The highest BCUT2D eigenvalue weighted by Crippen LogP contribution is 2.31. The molecule has 15 heavy (non-hydrogen) atoms. The van der Waals surface area contributed by atoms with Gasteiger partial charge in [-0.2, -0.15) is 0 Å². The van der Waals surface area contributed by atoms with Gasteiger partial charge in [-0.25, -0.2) is 4.98 Å². The molecule has 0 radical (unpaired) electrons. The molecule has 2 nitrogen and oxygen atoms in total. The Labute approximate surface area is 106 Å². The Kier molecular flexibility index (Phi) is 3.77. The van der Waals surface area contributed by atoms with E-state index in [-0.39, 0.29) is 0 Å². The van der Waals surface area contributed by atoms with Crippen LogP contribution in [0, 0.1) is 0 Å². The van der Waals surface area contributed by atoms with Crippen molar-refractivity contribution in [2.24, 2.45) is 0 Å². The van der Waals surface area contributed by atoms with Crippen LogP contribution in [0.1, 0.15) is 13.3 Å². The lowest BCUT2D eigenvalue weighted by molar-refractivity contribution is 0.976. The lowest BCUT2D eigenvalue weighted by Crippen LogP contribution is -1.98. The monoisotopic (exact) mass is 302 g/mol. The van der Waals surface area contributed by atoms with Gasteiger partial charge < -0.3 is 5.32 Å². The summed E-state index contributed by atoms with van der Waals surface area (Å²) < 4.78 is 1.12. The van der Waals surface area contributed by atoms with Crippen molar-refractivity contribution in [2.45, 2.75) is 13.3 Å². The molecule has 80 valence electrons. The van der Waals surface area contributed by atoms with Gasteiger partial charge in [0, 0.05) is 21.8 Å². The van der Waals surface area contributed by atoms with E-state index in [0.717, 1.165) is 28.3 Å². The predicted octanol–water partition coefficient (Wildman–Crippen LogP) is 4.46. The zero-order valence-corrected chi connectivity index (χ0v) is 11.5. The molecule has 0 saturated carbocycles. The van der Waals surface area contributed by atoms with E-state index in [1.54, 1.807) is 22.7 Å². The molecule has 0 bridgehead atoms. The molecule has 2 aromatic heterocycles. The molecular weight excluding hydrogens is 292 g/mol. The summed E-state index contributed by atoms with van der Waals surface area (Å²) in [6.07, 6.45) is 1.12. The summed E-state index contributed by atoms with van der Waals surface area (Å²) in [6, 6.07) is 2.10. The third-order valence-electron chi connectivity index (χ3n) is 1.85. The summed E-state index contributed by atoms with van der Waals surface area (Å²) in [7, 11) is 0. The standard InChI is InChI=1S/C10H11BrN2S2/c1-2-3-12-10-13-8(6-15-10)9-4-7(11)5-14-9/h4-6H,2-3H2,1H3,(H,12,13). The molecule has 2 rings (SSSR count). The van der Waals surface area contributed by atoms with E-state index in [1.807, 2.05) is 0 Å². The van der Waals surface area contributed by atoms with E-state index in [1.165, 1.54) is 4.88 Å². The van der Waals surface area contributed by atoms with E-state index < -0.39 is 0 Å². The number of hydrogen-bond donors (Lipinski definition) is 1. The molecule has 0 spiro atoms. The van der Waals surface area contributed by atoms with Gasteiger partial charge >= 0.3 is 0 Å². The lowest BCUT2D eigenvalue weighted by Gasteiger charge is -1.96. The Bertz CT molecular complexity index is 436. The second-order valence-corrected chi connectivity index (χ2v) is 5.78. The van der Waals surface area contributed by atoms with E-state index in [2.05, 4.69) is 50.0 Å². The lowest BCUT2D eigenvalue weighted by atomic mass is 10.4. The first-order valence-corrected chi connectivity index (χ1v) is 7.28. The Morgan fingerprint density at radius 2 is 2.27 bits per heavy atom. The van der Waals surface area contributed by atoms with Crippen molar-refractivity contribution in [3.63, 3.8) is 0 Å². The van der Waals surface area contributed by atoms with Gasteiger partial charge in [0.1, 0.15) is 0 Å². The largest absolute Gasteiger partial charge is 0.362 e. The Balaban J connectivity index is 2.13. The van der Waals surface area contributed by atoms with Crippen molar-refractivity contribution in [3.8, 4) is 10.6 Å². The van der Waals surface area contributed by atoms with Gasteiger partial charge in [-0.05, 0) is 28.4 Å². The second-order valence-electron chi connectivity index (χ2n) is 3.09. The van der Waals surface area contributed by atoms with Gasteiger partial charge in [-0.1, -0.05) is 6.92 Å². The fourth-order valence-electron chi connectivity index (χ4n) is 1.15. The number of nitrogens with one attached hydrogen (secondary N) is 1. The Morgan fingerprint density at radius 3 is 2.93 bits per heavy atom. The van der Waals surface area contributed by atoms with Crippen molar-refractivity contribution < 1.29 is 0 Å². The molecule has 0 fully saturated rings. The minimum Gasteiger partial charge on any atom is -0.362 e. The molecule has 0 saturated heterocycles. The molecule has 0 aliphatic carbocycles. The number of nitrogens with zero attached hydrogens (tertiary/aromatic N) is 1. The van der Waals surface area contributed by atoms with Crippen LogP contribution in [0.3, 0.4) is 0 Å². The van der Waals surface area contributed by atoms with Gasteiger partial charge in [0.15, 0.2) is 5.13 Å². The maximum atomic E-state index is 4.53. The van der Waals surface area contributed by atoms with E-state index in [9.17, 15) is 0 Å². The van der Waals surface area contributed by atoms with Crippen LogP contribution < -0.4 is 5.32 Å². The Hall–Kier alpha value is -0.390. The zero-order valence-electron chi connectivity index (χ0n) is 8.29. The van der Waals surface area contributed by atoms with Crippen LogP contribution in [-0.2, 0) is 0 Å². The van der Waals surface area contributed by atoms with Crippen LogP contribution in [-0.4, -0.2) is 11.5 Å². The maximum absolute atomic E-state index is 4.53. The first kappa shape index (κ1) is 11.1. The summed E-state index contributed by atoms with van der Waals surface area (Å²) in [5.74, 6) is 0. The van der Waals surface area contributed by atoms with E-state index in [0.29, 0.717) is 0 Å². The normalized spacial score (nSPS) is 10.5. The van der Waals surface area contributed by atoms with E-state index >= 15 is 0 Å². The van der Waals surface area contributed by atoms with Crippen LogP contribution in [0.2, 0.25) is 0 Å². The highest BCUT2D eigenvalue weighted by Gasteiger charge is 2.05. The third kappa shape index (κ3) is 2.80. The van der Waals surface area contributed by atoms with Gasteiger partial charge in [0.25, 0.3) is 0 Å². The molecular formula is C10H11BrN2S2. The number of thiophene rings is 1. The van der Waals surface area contributed by atoms with Gasteiger partial charge in [-0.3, -0.25) is 0 Å². The quantitative estimate of drug-likeness (QED) is 0.902. The fraction of sp³-hybridized carbons (Fsp3) is 0.300. The first-order chi connectivity index (χ1) is 7.29. The second kappa shape index (κ2) is 5.09. The smallest absolute Gasteiger partial charge is 0.183 e. The topological polar surface area (TPSA) is 24.9 Å². The molecule has 2 aromatic rings. The molecule has 2 heterocycles. The summed E-state index contributed by atoms with van der Waals surface area (Å²) >= 11 is 6.82. The summed E-state index contributed by atoms with van der Waals surface area (Å²) in [5.41, 5.74) is 1.06. The van der Waals surface area contributed by atoms with Crippen LogP contribution in [0.15, 0.2) is 21.3 Å². The van der Waals surface area contributed by atoms with Crippen LogP contribution in [0.25, 0.3) is 10.6 Å². The number of aromatic nitrogens is 1. The average Bonchev–Trinajstić information content (AvgIpc) is 2.83. The van der Waals surface area contributed by atoms with Gasteiger partial charge in [0.2, 0.25) is 0 Å². The minimum atomic E-state index is 0.987. The highest BCUT2D eigenvalue weighted by molar-refractivity contribution is 9.10. The number of hydrogen-bond acceptors (Lipinski definition) is 4. The van der Waals surface area contributed by atoms with Crippen LogP contribution in [0.5, 0.6) is 0 Å². The first-order valence-electron chi connectivity index (χ1n) is 4.73. The number of rotatable bonds is 4. The average molecular weight is 303 g/mol. The predicted molar refractivity (Wildman–Crippen MR) is 71.9 cm³/mol.